The molecular weight excluding hydrogens is 575 g/mol. The number of aliphatic hydroxyl groups is 2. The minimum atomic E-state index is -0.227. The van der Waals surface area contributed by atoms with Crippen LogP contribution in [0.5, 0.6) is 0 Å². The summed E-state index contributed by atoms with van der Waals surface area (Å²) in [6.07, 6.45) is 6.09. The maximum absolute atomic E-state index is 9.77. The smallest absolute Gasteiger partial charge is 0.0598 e. The van der Waals surface area contributed by atoms with Crippen molar-refractivity contribution in [2.75, 3.05) is 0 Å². The molecule has 0 spiro atoms. The predicted molar refractivity (Wildman–Crippen MR) is 127 cm³/mol. The van der Waals surface area contributed by atoms with E-state index in [1.807, 2.05) is 24.3 Å². The van der Waals surface area contributed by atoms with Gasteiger partial charge in [0.15, 0.2) is 0 Å². The topological polar surface area (TPSA) is 53.4 Å². The van der Waals surface area contributed by atoms with Gasteiger partial charge in [-0.1, -0.05) is 51.0 Å². The number of nitrogens with zero attached hydrogens (tertiary/aromatic N) is 1. The van der Waals surface area contributed by atoms with Crippen molar-refractivity contribution in [2.45, 2.75) is 70.5 Å². The number of hydrogen-bond donors (Lipinski definition) is 2. The summed E-state index contributed by atoms with van der Waals surface area (Å²) >= 11 is 0. The Labute approximate surface area is 205 Å². The molecule has 2 aliphatic rings. The molecule has 1 aromatic heterocycles. The zero-order valence-corrected chi connectivity index (χ0v) is 21.4. The Kier molecular flexibility index (Phi) is 9.02. The van der Waals surface area contributed by atoms with Gasteiger partial charge in [-0.3, -0.25) is 4.98 Å². The van der Waals surface area contributed by atoms with E-state index in [0.29, 0.717) is 11.8 Å². The van der Waals surface area contributed by atoms with Crippen LogP contribution in [0.1, 0.15) is 63.9 Å². The van der Waals surface area contributed by atoms with Crippen molar-refractivity contribution in [1.82, 2.24) is 4.98 Å². The van der Waals surface area contributed by atoms with Crippen LogP contribution in [0.25, 0.3) is 22.2 Å². The van der Waals surface area contributed by atoms with E-state index in [1.165, 1.54) is 23.8 Å². The van der Waals surface area contributed by atoms with E-state index in [2.05, 4.69) is 50.2 Å². The number of hydrogen-bond acceptors (Lipinski definition) is 3. The van der Waals surface area contributed by atoms with E-state index in [1.54, 1.807) is 0 Å². The molecule has 0 amide bonds. The van der Waals surface area contributed by atoms with Crippen molar-refractivity contribution >= 4 is 10.9 Å². The molecule has 4 atom stereocenters. The first-order valence-electron chi connectivity index (χ1n) is 11.8. The van der Waals surface area contributed by atoms with Crippen LogP contribution in [-0.2, 0) is 20.1 Å². The molecule has 3 nitrogen and oxygen atoms in total. The number of rotatable bonds is 2. The molecule has 32 heavy (non-hydrogen) atoms. The largest absolute Gasteiger partial charge is 0.393 e. The van der Waals surface area contributed by atoms with Crippen LogP contribution in [0.3, 0.4) is 0 Å². The second-order valence-electron chi connectivity index (χ2n) is 9.41. The van der Waals surface area contributed by atoms with Gasteiger partial charge in [-0.25, -0.2) is 0 Å². The first kappa shape index (κ1) is 25.0. The summed E-state index contributed by atoms with van der Waals surface area (Å²) in [6.45, 7) is 4.41. The standard InChI is InChI=1S/C18H16N.C10H18O2.Ir/c1-13(2)16-9-8-15-10-11-17(19-18(15)12-16)14-6-4-3-5-7-14;11-8-4-2-1-3-7-5-6-9(12)10(7)8;/h3-6,8-13H,1-2H3;7-12H,1-6H2;/q-1;;. The van der Waals surface area contributed by atoms with Gasteiger partial charge < -0.3 is 10.2 Å². The fraction of sp³-hybridized carbons (Fsp3) is 0.464. The summed E-state index contributed by atoms with van der Waals surface area (Å²) in [5.74, 6) is 1.34. The van der Waals surface area contributed by atoms with Crippen LogP contribution in [-0.4, -0.2) is 27.4 Å². The molecule has 5 rings (SSSR count). The van der Waals surface area contributed by atoms with Crippen LogP contribution in [0.2, 0.25) is 0 Å². The maximum atomic E-state index is 9.77. The number of aromatic nitrogens is 1. The predicted octanol–water partition coefficient (Wildman–Crippen LogP) is 6.13. The Hall–Kier alpha value is -1.58. The summed E-state index contributed by atoms with van der Waals surface area (Å²) in [4.78, 5) is 4.76. The molecule has 2 saturated carbocycles. The van der Waals surface area contributed by atoms with E-state index in [9.17, 15) is 10.2 Å². The monoisotopic (exact) mass is 609 g/mol. The van der Waals surface area contributed by atoms with Crippen LogP contribution in [0, 0.1) is 17.9 Å². The fourth-order valence-corrected chi connectivity index (χ4v) is 5.14. The zero-order chi connectivity index (χ0) is 21.8. The number of benzene rings is 2. The molecule has 173 valence electrons. The summed E-state index contributed by atoms with van der Waals surface area (Å²) in [6, 6.07) is 21.9. The minimum absolute atomic E-state index is 0. The van der Waals surface area contributed by atoms with E-state index >= 15 is 0 Å². The number of pyridine rings is 1. The number of fused-ring (bicyclic) bond motifs is 2. The van der Waals surface area contributed by atoms with Crippen molar-refractivity contribution < 1.29 is 30.3 Å². The van der Waals surface area contributed by atoms with Gasteiger partial charge in [0, 0.05) is 26.0 Å². The van der Waals surface area contributed by atoms with Gasteiger partial charge in [-0.15, -0.1) is 35.9 Å². The van der Waals surface area contributed by atoms with Gasteiger partial charge >= 0.3 is 0 Å². The summed E-state index contributed by atoms with van der Waals surface area (Å²) in [5.41, 5.74) is 4.41. The third-order valence-corrected chi connectivity index (χ3v) is 6.96. The van der Waals surface area contributed by atoms with E-state index < -0.39 is 0 Å². The summed E-state index contributed by atoms with van der Waals surface area (Å²) in [5, 5.41) is 20.6. The van der Waals surface area contributed by atoms with E-state index in [-0.39, 0.29) is 38.2 Å². The second kappa shape index (κ2) is 11.5. The molecule has 2 fully saturated rings. The molecular formula is C28H34IrNO2-. The Morgan fingerprint density at radius 2 is 1.66 bits per heavy atom. The van der Waals surface area contributed by atoms with Crippen molar-refractivity contribution in [1.29, 1.82) is 0 Å². The maximum Gasteiger partial charge on any atom is 0.0598 e. The molecule has 2 aromatic carbocycles. The van der Waals surface area contributed by atoms with Gasteiger partial charge in [-0.05, 0) is 60.2 Å². The van der Waals surface area contributed by atoms with Crippen LogP contribution in [0.4, 0.5) is 0 Å². The third-order valence-electron chi connectivity index (χ3n) is 6.96. The van der Waals surface area contributed by atoms with Gasteiger partial charge in [0.2, 0.25) is 0 Å². The Balaban J connectivity index is 0.000000193. The quantitative estimate of drug-likeness (QED) is 0.344. The molecule has 1 heterocycles. The summed E-state index contributed by atoms with van der Waals surface area (Å²) in [7, 11) is 0. The third kappa shape index (κ3) is 5.85. The van der Waals surface area contributed by atoms with E-state index in [4.69, 9.17) is 4.98 Å². The molecule has 0 bridgehead atoms. The van der Waals surface area contributed by atoms with Crippen LogP contribution in [0.15, 0.2) is 54.6 Å². The normalized spacial score (nSPS) is 24.8. The molecule has 2 N–H and O–H groups in total. The first-order valence-corrected chi connectivity index (χ1v) is 11.8. The minimum Gasteiger partial charge on any atom is -0.393 e. The molecule has 2 aliphatic carbocycles. The van der Waals surface area contributed by atoms with Gasteiger partial charge in [-0.2, -0.15) is 0 Å². The van der Waals surface area contributed by atoms with Crippen molar-refractivity contribution in [2.24, 2.45) is 11.8 Å². The Morgan fingerprint density at radius 3 is 2.41 bits per heavy atom. The van der Waals surface area contributed by atoms with Gasteiger partial charge in [0.1, 0.15) is 0 Å². The average Bonchev–Trinajstić information content (AvgIpc) is 3.06. The SMILES string of the molecule is CC(C)c1ccc2ccc(-c3[c-]cccc3)nc2c1.OC1CCCCC2CCC(O)C12.[Ir]. The average molecular weight is 609 g/mol. The summed E-state index contributed by atoms with van der Waals surface area (Å²) < 4.78 is 0. The fourth-order valence-electron chi connectivity index (χ4n) is 5.14. The Morgan fingerprint density at radius 1 is 0.906 bits per heavy atom. The van der Waals surface area contributed by atoms with Crippen molar-refractivity contribution in [3.63, 3.8) is 0 Å². The molecule has 4 heteroatoms. The van der Waals surface area contributed by atoms with Gasteiger partial charge in [0.05, 0.1) is 17.7 Å². The number of aliphatic hydroxyl groups excluding tert-OH is 2. The van der Waals surface area contributed by atoms with Crippen LogP contribution < -0.4 is 0 Å². The second-order valence-corrected chi connectivity index (χ2v) is 9.41. The van der Waals surface area contributed by atoms with Crippen LogP contribution >= 0.6 is 0 Å². The van der Waals surface area contributed by atoms with Crippen molar-refractivity contribution in [3.05, 3.63) is 66.2 Å². The molecule has 3 aromatic rings. The first-order chi connectivity index (χ1) is 15.0. The van der Waals surface area contributed by atoms with Gasteiger partial charge in [0.25, 0.3) is 0 Å². The molecule has 4 unspecified atom stereocenters. The van der Waals surface area contributed by atoms with Crippen molar-refractivity contribution in [3.8, 4) is 11.3 Å². The molecule has 0 saturated heterocycles. The zero-order valence-electron chi connectivity index (χ0n) is 19.0. The molecule has 0 aliphatic heterocycles. The van der Waals surface area contributed by atoms with E-state index in [0.717, 1.165) is 42.5 Å². The Bertz CT molecular complexity index is 991. The molecule has 1 radical (unpaired) electrons.